The van der Waals surface area contributed by atoms with Crippen LogP contribution in [0.1, 0.15) is 22.3 Å². The molecule has 3 aromatic carbocycles. The highest BCUT2D eigenvalue weighted by Gasteiger charge is 2.37. The third kappa shape index (κ3) is 3.51. The van der Waals surface area contributed by atoms with Crippen LogP contribution in [0.25, 0.3) is 22.8 Å². The average molecular weight is 444 g/mol. The van der Waals surface area contributed by atoms with Crippen molar-refractivity contribution in [3.8, 4) is 22.9 Å². The Hall–Kier alpha value is -5.11. The van der Waals surface area contributed by atoms with Gasteiger partial charge in [-0.15, -0.1) is 0 Å². The molecule has 0 bridgehead atoms. The van der Waals surface area contributed by atoms with Gasteiger partial charge in [-0.2, -0.15) is 5.26 Å². The number of hydrogen-bond acceptors (Lipinski definition) is 8. The van der Waals surface area contributed by atoms with Crippen LogP contribution in [-0.2, 0) is 0 Å². The molecule has 11 nitrogen and oxygen atoms in total. The van der Waals surface area contributed by atoms with Gasteiger partial charge in [-0.25, -0.2) is 0 Å². The Bertz CT molecular complexity index is 1440. The van der Waals surface area contributed by atoms with Crippen molar-refractivity contribution in [3.05, 3.63) is 101 Å². The van der Waals surface area contributed by atoms with E-state index >= 15 is 0 Å². The highest BCUT2D eigenvalue weighted by Crippen LogP contribution is 2.52. The molecular formula is C22H12N4O7. The van der Waals surface area contributed by atoms with Crippen LogP contribution in [0.5, 0.6) is 5.75 Å². The summed E-state index contributed by atoms with van der Waals surface area (Å²) in [6.45, 7) is 0. The van der Waals surface area contributed by atoms with Gasteiger partial charge < -0.3 is 4.74 Å². The zero-order valence-corrected chi connectivity index (χ0v) is 16.8. The van der Waals surface area contributed by atoms with Crippen LogP contribution >= 0.6 is 0 Å². The van der Waals surface area contributed by atoms with Crippen molar-refractivity contribution < 1.29 is 19.5 Å². The molecule has 0 aliphatic heterocycles. The highest BCUT2D eigenvalue weighted by atomic mass is 16.6. The molecular weight excluding hydrogens is 432 g/mol. The molecule has 0 N–H and O–H groups in total. The fraction of sp³-hybridized carbons (Fsp3) is 0.0455. The number of methoxy groups -OCH3 is 1. The van der Waals surface area contributed by atoms with E-state index in [0.717, 1.165) is 12.1 Å². The Balaban J connectivity index is 2.13. The molecule has 4 rings (SSSR count). The van der Waals surface area contributed by atoms with Gasteiger partial charge in [0.1, 0.15) is 11.8 Å². The number of nitro groups is 3. The quantitative estimate of drug-likeness (QED) is 0.311. The maximum atomic E-state index is 11.8. The predicted octanol–water partition coefficient (Wildman–Crippen LogP) is 4.86. The predicted molar refractivity (Wildman–Crippen MR) is 117 cm³/mol. The Morgan fingerprint density at radius 1 is 0.848 bits per heavy atom. The SMILES string of the molecule is COc1ccc(/C=C2/c3cc([N+](=O)[O-])cc(C#N)c3-c3c2cc([N+](=O)[O-])cc3[N+](=O)[O-])cc1. The summed E-state index contributed by atoms with van der Waals surface area (Å²) >= 11 is 0. The first-order valence-electron chi connectivity index (χ1n) is 9.31. The van der Waals surface area contributed by atoms with Gasteiger partial charge >= 0.3 is 0 Å². The van der Waals surface area contributed by atoms with E-state index in [0.29, 0.717) is 11.3 Å². The zero-order valence-electron chi connectivity index (χ0n) is 16.8. The van der Waals surface area contributed by atoms with Crippen molar-refractivity contribution in [2.24, 2.45) is 0 Å². The molecule has 33 heavy (non-hydrogen) atoms. The lowest BCUT2D eigenvalue weighted by Crippen LogP contribution is -1.97. The molecule has 3 aromatic rings. The van der Waals surface area contributed by atoms with E-state index in [1.54, 1.807) is 30.3 Å². The molecule has 1 aliphatic rings. The monoisotopic (exact) mass is 444 g/mol. The summed E-state index contributed by atoms with van der Waals surface area (Å²) in [5.74, 6) is 0.582. The fourth-order valence-corrected chi connectivity index (χ4v) is 3.81. The summed E-state index contributed by atoms with van der Waals surface area (Å²) in [6, 6.07) is 12.8. The first-order valence-corrected chi connectivity index (χ1v) is 9.31. The number of hydrogen-bond donors (Lipinski definition) is 0. The molecule has 0 saturated heterocycles. The van der Waals surface area contributed by atoms with Crippen LogP contribution in [0.2, 0.25) is 0 Å². The minimum absolute atomic E-state index is 0.00631. The van der Waals surface area contributed by atoms with Gasteiger partial charge in [0.2, 0.25) is 0 Å². The van der Waals surface area contributed by atoms with E-state index in [4.69, 9.17) is 4.74 Å². The van der Waals surface area contributed by atoms with Gasteiger partial charge in [0.15, 0.2) is 0 Å². The summed E-state index contributed by atoms with van der Waals surface area (Å²) in [4.78, 5) is 32.5. The first-order chi connectivity index (χ1) is 15.7. The first kappa shape index (κ1) is 21.1. The summed E-state index contributed by atoms with van der Waals surface area (Å²) in [7, 11) is 1.50. The van der Waals surface area contributed by atoms with Gasteiger partial charge in [-0.05, 0) is 34.9 Å². The lowest BCUT2D eigenvalue weighted by Gasteiger charge is -2.05. The molecule has 0 heterocycles. The number of rotatable bonds is 5. The second-order valence-corrected chi connectivity index (χ2v) is 7.02. The zero-order chi connectivity index (χ0) is 23.9. The maximum absolute atomic E-state index is 11.8. The molecule has 0 fully saturated rings. The van der Waals surface area contributed by atoms with Crippen molar-refractivity contribution in [2.75, 3.05) is 7.11 Å². The molecule has 0 spiro atoms. The van der Waals surface area contributed by atoms with Gasteiger partial charge in [-0.1, -0.05) is 12.1 Å². The van der Waals surface area contributed by atoms with Crippen LogP contribution in [0.4, 0.5) is 17.1 Å². The summed E-state index contributed by atoms with van der Waals surface area (Å²) in [6.07, 6.45) is 1.60. The number of nitriles is 1. The summed E-state index contributed by atoms with van der Waals surface area (Å²) < 4.78 is 5.13. The number of ether oxygens (including phenoxy) is 1. The van der Waals surface area contributed by atoms with Gasteiger partial charge in [-0.3, -0.25) is 30.3 Å². The van der Waals surface area contributed by atoms with Crippen LogP contribution in [0.3, 0.4) is 0 Å². The standard InChI is InChI=1S/C22H12N4O7/c1-33-16-4-2-12(3-5-16)6-17-18-8-14(24(27)28)7-13(11-23)21(18)22-19(17)9-15(25(29)30)10-20(22)26(31)32/h2-10H,1H3/b17-6-. The van der Waals surface area contributed by atoms with Crippen LogP contribution in [-0.4, -0.2) is 21.9 Å². The second-order valence-electron chi connectivity index (χ2n) is 7.02. The lowest BCUT2D eigenvalue weighted by molar-refractivity contribution is -0.393. The van der Waals surface area contributed by atoms with Crippen molar-refractivity contribution in [1.82, 2.24) is 0 Å². The lowest BCUT2D eigenvalue weighted by atomic mass is 9.97. The second kappa shape index (κ2) is 7.86. The van der Waals surface area contributed by atoms with Crippen LogP contribution < -0.4 is 4.74 Å². The molecule has 0 saturated carbocycles. The number of nitro benzene ring substituents is 3. The Morgan fingerprint density at radius 3 is 1.94 bits per heavy atom. The molecule has 11 heteroatoms. The smallest absolute Gasteiger partial charge is 0.284 e. The molecule has 0 amide bonds. The molecule has 162 valence electrons. The van der Waals surface area contributed by atoms with E-state index in [1.807, 2.05) is 6.07 Å². The van der Waals surface area contributed by atoms with E-state index < -0.39 is 26.1 Å². The summed E-state index contributed by atoms with van der Waals surface area (Å²) in [5.41, 5.74) is -0.224. The summed E-state index contributed by atoms with van der Waals surface area (Å²) in [5, 5.41) is 44.4. The maximum Gasteiger partial charge on any atom is 0.284 e. The van der Waals surface area contributed by atoms with Crippen molar-refractivity contribution in [1.29, 1.82) is 5.26 Å². The minimum Gasteiger partial charge on any atom is -0.497 e. The molecule has 0 atom stereocenters. The fourth-order valence-electron chi connectivity index (χ4n) is 3.81. The molecule has 0 aromatic heterocycles. The van der Waals surface area contributed by atoms with E-state index in [1.165, 1.54) is 19.2 Å². The number of fused-ring (bicyclic) bond motifs is 3. The Labute approximate surface area is 185 Å². The third-order valence-electron chi connectivity index (χ3n) is 5.22. The Morgan fingerprint density at radius 2 is 1.42 bits per heavy atom. The molecule has 1 aliphatic carbocycles. The molecule has 0 unspecified atom stereocenters. The van der Waals surface area contributed by atoms with Crippen molar-refractivity contribution in [3.63, 3.8) is 0 Å². The number of non-ortho nitro benzene ring substituents is 2. The largest absolute Gasteiger partial charge is 0.497 e. The number of benzene rings is 3. The topological polar surface area (TPSA) is 162 Å². The minimum atomic E-state index is -0.769. The van der Waals surface area contributed by atoms with Gasteiger partial charge in [0.25, 0.3) is 17.1 Å². The van der Waals surface area contributed by atoms with Crippen molar-refractivity contribution in [2.45, 2.75) is 0 Å². The van der Waals surface area contributed by atoms with E-state index in [-0.39, 0.29) is 39.1 Å². The third-order valence-corrected chi connectivity index (χ3v) is 5.22. The van der Waals surface area contributed by atoms with Crippen molar-refractivity contribution >= 4 is 28.7 Å². The number of nitrogens with zero attached hydrogens (tertiary/aromatic N) is 4. The van der Waals surface area contributed by atoms with Crippen LogP contribution in [0, 0.1) is 41.7 Å². The van der Waals surface area contributed by atoms with E-state index in [2.05, 4.69) is 0 Å². The normalized spacial score (nSPS) is 12.5. The highest BCUT2D eigenvalue weighted by molar-refractivity contribution is 6.11. The van der Waals surface area contributed by atoms with Crippen LogP contribution in [0.15, 0.2) is 48.5 Å². The average Bonchev–Trinajstić information content (AvgIpc) is 3.11. The molecule has 0 radical (unpaired) electrons. The van der Waals surface area contributed by atoms with E-state index in [9.17, 15) is 35.6 Å². The van der Waals surface area contributed by atoms with Gasteiger partial charge in [0, 0.05) is 29.3 Å². The Kier molecular flexibility index (Phi) is 5.03. The van der Waals surface area contributed by atoms with Gasteiger partial charge in [0.05, 0.1) is 39.1 Å².